The SMILES string of the molecule is N#CC1(C(=O)N2CCS(=O)(=O)CC2)CC1. The second-order valence-corrected chi connectivity index (χ2v) is 6.44. The highest BCUT2D eigenvalue weighted by molar-refractivity contribution is 7.91. The Bertz CT molecular complexity index is 417. The lowest BCUT2D eigenvalue weighted by atomic mass is 10.1. The van der Waals surface area contributed by atoms with Crippen LogP contribution in [0.4, 0.5) is 0 Å². The molecule has 15 heavy (non-hydrogen) atoms. The summed E-state index contributed by atoms with van der Waals surface area (Å²) in [6, 6.07) is 2.03. The molecule has 0 atom stereocenters. The number of hydrogen-bond acceptors (Lipinski definition) is 4. The van der Waals surface area contributed by atoms with Crippen molar-refractivity contribution in [2.75, 3.05) is 24.6 Å². The second-order valence-electron chi connectivity index (χ2n) is 4.14. The van der Waals surface area contributed by atoms with E-state index in [4.69, 9.17) is 5.26 Å². The molecule has 2 aliphatic rings. The molecule has 0 spiro atoms. The van der Waals surface area contributed by atoms with E-state index < -0.39 is 15.3 Å². The number of rotatable bonds is 1. The van der Waals surface area contributed by atoms with Crippen molar-refractivity contribution in [3.05, 3.63) is 0 Å². The average molecular weight is 228 g/mol. The molecule has 2 rings (SSSR count). The molecule has 0 aromatic rings. The molecule has 0 radical (unpaired) electrons. The summed E-state index contributed by atoms with van der Waals surface area (Å²) < 4.78 is 22.3. The summed E-state index contributed by atoms with van der Waals surface area (Å²) in [6.07, 6.45) is 1.23. The molecule has 0 unspecified atom stereocenters. The highest BCUT2D eigenvalue weighted by Crippen LogP contribution is 2.46. The van der Waals surface area contributed by atoms with Crippen molar-refractivity contribution in [3.8, 4) is 6.07 Å². The van der Waals surface area contributed by atoms with Gasteiger partial charge in [0.2, 0.25) is 5.91 Å². The van der Waals surface area contributed by atoms with Gasteiger partial charge in [-0.2, -0.15) is 5.26 Å². The van der Waals surface area contributed by atoms with Crippen molar-refractivity contribution >= 4 is 15.7 Å². The molecule has 0 N–H and O–H groups in total. The first kappa shape index (κ1) is 10.4. The predicted molar refractivity (Wildman–Crippen MR) is 52.5 cm³/mol. The number of carbonyl (C=O) groups is 1. The summed E-state index contributed by atoms with van der Waals surface area (Å²) in [6.45, 7) is 0.481. The van der Waals surface area contributed by atoms with Crippen molar-refractivity contribution in [3.63, 3.8) is 0 Å². The molecule has 0 aromatic carbocycles. The van der Waals surface area contributed by atoms with Gasteiger partial charge in [0, 0.05) is 13.1 Å². The van der Waals surface area contributed by atoms with E-state index in [1.165, 1.54) is 4.90 Å². The fraction of sp³-hybridized carbons (Fsp3) is 0.778. The molecule has 1 aliphatic carbocycles. The molecule has 1 amide bonds. The van der Waals surface area contributed by atoms with Gasteiger partial charge >= 0.3 is 0 Å². The van der Waals surface area contributed by atoms with Gasteiger partial charge in [-0.3, -0.25) is 4.79 Å². The number of nitriles is 1. The molecule has 1 heterocycles. The van der Waals surface area contributed by atoms with Crippen molar-refractivity contribution in [1.29, 1.82) is 5.26 Å². The summed E-state index contributed by atoms with van der Waals surface area (Å²) in [5.74, 6) is -0.125. The quantitative estimate of drug-likeness (QED) is 0.608. The van der Waals surface area contributed by atoms with Crippen molar-refractivity contribution in [1.82, 2.24) is 4.90 Å². The number of hydrogen-bond donors (Lipinski definition) is 0. The molecule has 1 saturated heterocycles. The van der Waals surface area contributed by atoms with Gasteiger partial charge in [0.1, 0.15) is 5.41 Å². The Morgan fingerprint density at radius 2 is 1.80 bits per heavy atom. The van der Waals surface area contributed by atoms with Gasteiger partial charge in [-0.25, -0.2) is 8.42 Å². The van der Waals surface area contributed by atoms with E-state index in [9.17, 15) is 13.2 Å². The van der Waals surface area contributed by atoms with Crippen LogP contribution in [-0.4, -0.2) is 43.8 Å². The Morgan fingerprint density at radius 3 is 2.20 bits per heavy atom. The molecule has 6 heteroatoms. The van der Waals surface area contributed by atoms with E-state index in [2.05, 4.69) is 0 Å². The molecule has 0 bridgehead atoms. The van der Waals surface area contributed by atoms with E-state index in [0.717, 1.165) is 0 Å². The van der Waals surface area contributed by atoms with Gasteiger partial charge in [0.15, 0.2) is 9.84 Å². The van der Waals surface area contributed by atoms with E-state index >= 15 is 0 Å². The zero-order valence-electron chi connectivity index (χ0n) is 8.27. The number of sulfone groups is 1. The van der Waals surface area contributed by atoms with Gasteiger partial charge in [-0.1, -0.05) is 0 Å². The Kier molecular flexibility index (Phi) is 2.23. The fourth-order valence-electron chi connectivity index (χ4n) is 1.72. The zero-order valence-corrected chi connectivity index (χ0v) is 9.09. The van der Waals surface area contributed by atoms with Crippen molar-refractivity contribution in [2.45, 2.75) is 12.8 Å². The van der Waals surface area contributed by atoms with Crippen LogP contribution in [0.3, 0.4) is 0 Å². The van der Waals surface area contributed by atoms with Crippen LogP contribution in [0.25, 0.3) is 0 Å². The second kappa shape index (κ2) is 3.20. The van der Waals surface area contributed by atoms with Crippen LogP contribution in [-0.2, 0) is 14.6 Å². The molecule has 1 aliphatic heterocycles. The van der Waals surface area contributed by atoms with Crippen molar-refractivity contribution < 1.29 is 13.2 Å². The van der Waals surface area contributed by atoms with E-state index in [1.54, 1.807) is 0 Å². The first-order valence-electron chi connectivity index (χ1n) is 4.90. The lowest BCUT2D eigenvalue weighted by Gasteiger charge is -2.28. The normalized spacial score (nSPS) is 26.7. The average Bonchev–Trinajstić information content (AvgIpc) is 2.97. The van der Waals surface area contributed by atoms with Crippen LogP contribution in [0.5, 0.6) is 0 Å². The molecular weight excluding hydrogens is 216 g/mol. The van der Waals surface area contributed by atoms with Gasteiger partial charge in [-0.05, 0) is 12.8 Å². The minimum absolute atomic E-state index is 0.0280. The molecule has 2 fully saturated rings. The Balaban J connectivity index is 2.03. The highest BCUT2D eigenvalue weighted by atomic mass is 32.2. The van der Waals surface area contributed by atoms with E-state index in [1.807, 2.05) is 6.07 Å². The van der Waals surface area contributed by atoms with Crippen molar-refractivity contribution in [2.24, 2.45) is 5.41 Å². The Labute approximate surface area is 88.6 Å². The first-order valence-corrected chi connectivity index (χ1v) is 6.72. The monoisotopic (exact) mass is 228 g/mol. The van der Waals surface area contributed by atoms with Crippen LogP contribution in [0.15, 0.2) is 0 Å². The van der Waals surface area contributed by atoms with E-state index in [0.29, 0.717) is 12.8 Å². The third-order valence-electron chi connectivity index (χ3n) is 3.01. The molecular formula is C9H12N2O3S. The van der Waals surface area contributed by atoms with Crippen LogP contribution in [0, 0.1) is 16.7 Å². The zero-order chi connectivity index (χ0) is 11.1. The fourth-order valence-corrected chi connectivity index (χ4v) is 2.92. The highest BCUT2D eigenvalue weighted by Gasteiger charge is 2.52. The number of amides is 1. The molecule has 5 nitrogen and oxygen atoms in total. The van der Waals surface area contributed by atoms with Crippen LogP contribution in [0.1, 0.15) is 12.8 Å². The Morgan fingerprint density at radius 1 is 1.27 bits per heavy atom. The summed E-state index contributed by atoms with van der Waals surface area (Å²) in [5, 5.41) is 8.84. The predicted octanol–water partition coefficient (Wildman–Crippen LogP) is -0.453. The molecule has 0 aromatic heterocycles. The smallest absolute Gasteiger partial charge is 0.243 e. The Hall–Kier alpha value is -1.09. The maximum absolute atomic E-state index is 11.8. The third kappa shape index (κ3) is 1.84. The number of nitrogens with zero attached hydrogens (tertiary/aromatic N) is 2. The summed E-state index contributed by atoms with van der Waals surface area (Å²) >= 11 is 0. The van der Waals surface area contributed by atoms with E-state index in [-0.39, 0.29) is 30.5 Å². The largest absolute Gasteiger partial charge is 0.339 e. The summed E-state index contributed by atoms with van der Waals surface area (Å²) in [7, 11) is -2.96. The summed E-state index contributed by atoms with van der Waals surface area (Å²) in [4.78, 5) is 13.3. The number of carbonyl (C=O) groups excluding carboxylic acids is 1. The third-order valence-corrected chi connectivity index (χ3v) is 4.61. The van der Waals surface area contributed by atoms with Gasteiger partial charge in [0.25, 0.3) is 0 Å². The maximum Gasteiger partial charge on any atom is 0.243 e. The summed E-state index contributed by atoms with van der Waals surface area (Å²) in [5.41, 5.74) is -0.818. The molecule has 1 saturated carbocycles. The maximum atomic E-state index is 11.8. The van der Waals surface area contributed by atoms with Gasteiger partial charge in [-0.15, -0.1) is 0 Å². The first-order chi connectivity index (χ1) is 6.99. The van der Waals surface area contributed by atoms with Crippen LogP contribution >= 0.6 is 0 Å². The minimum Gasteiger partial charge on any atom is -0.339 e. The lowest BCUT2D eigenvalue weighted by Crippen LogP contribution is -2.46. The van der Waals surface area contributed by atoms with Crippen LogP contribution in [0.2, 0.25) is 0 Å². The topological polar surface area (TPSA) is 78.2 Å². The standard InChI is InChI=1S/C9H12N2O3S/c10-7-9(1-2-9)8(12)11-3-5-15(13,14)6-4-11/h1-6H2. The van der Waals surface area contributed by atoms with Gasteiger partial charge in [0.05, 0.1) is 17.6 Å². The molecule has 82 valence electrons. The van der Waals surface area contributed by atoms with Gasteiger partial charge < -0.3 is 4.90 Å². The minimum atomic E-state index is -2.96. The lowest BCUT2D eigenvalue weighted by molar-refractivity contribution is -0.134. The van der Waals surface area contributed by atoms with Crippen LogP contribution < -0.4 is 0 Å².